The van der Waals surface area contributed by atoms with E-state index in [1.807, 2.05) is 74.2 Å². The topological polar surface area (TPSA) is 49.9 Å². The van der Waals surface area contributed by atoms with E-state index in [0.29, 0.717) is 26.1 Å². The molecule has 1 saturated heterocycles. The smallest absolute Gasteiger partial charge is 0.414 e. The van der Waals surface area contributed by atoms with Gasteiger partial charge < -0.3 is 9.64 Å². The molecule has 1 fully saturated rings. The van der Waals surface area contributed by atoms with Gasteiger partial charge in [0.15, 0.2) is 0 Å². The van der Waals surface area contributed by atoms with Crippen molar-refractivity contribution in [3.63, 3.8) is 0 Å². The van der Waals surface area contributed by atoms with Gasteiger partial charge in [-0.2, -0.15) is 0 Å². The van der Waals surface area contributed by atoms with E-state index in [0.717, 1.165) is 24.1 Å². The summed E-state index contributed by atoms with van der Waals surface area (Å²) < 4.78 is 5.66. The number of amides is 2. The van der Waals surface area contributed by atoms with Crippen molar-refractivity contribution >= 4 is 17.7 Å². The van der Waals surface area contributed by atoms with E-state index in [9.17, 15) is 9.59 Å². The summed E-state index contributed by atoms with van der Waals surface area (Å²) in [5.74, 6) is 0.173. The van der Waals surface area contributed by atoms with E-state index < -0.39 is 5.60 Å². The molecule has 0 radical (unpaired) electrons. The Morgan fingerprint density at radius 3 is 2.27 bits per heavy atom. The molecule has 5 nitrogen and oxygen atoms in total. The number of para-hydroxylation sites is 1. The van der Waals surface area contributed by atoms with Crippen LogP contribution in [0.2, 0.25) is 0 Å². The van der Waals surface area contributed by atoms with Crippen LogP contribution in [0, 0.1) is 0 Å². The zero-order chi connectivity index (χ0) is 21.4. The molecule has 0 N–H and O–H groups in total. The summed E-state index contributed by atoms with van der Waals surface area (Å²) in [6.07, 6.45) is 1.84. The van der Waals surface area contributed by atoms with Gasteiger partial charge in [0.1, 0.15) is 5.60 Å². The summed E-state index contributed by atoms with van der Waals surface area (Å²) >= 11 is 0. The van der Waals surface area contributed by atoms with Crippen molar-refractivity contribution in [2.45, 2.75) is 51.0 Å². The molecular weight excluding hydrogens is 376 g/mol. The predicted molar refractivity (Wildman–Crippen MR) is 118 cm³/mol. The van der Waals surface area contributed by atoms with Gasteiger partial charge in [0.2, 0.25) is 5.91 Å². The number of ether oxygens (including phenoxy) is 1. The Hall–Kier alpha value is -2.82. The van der Waals surface area contributed by atoms with Gasteiger partial charge in [-0.05, 0) is 50.8 Å². The first kappa shape index (κ1) is 20.5. The number of carbonyl (C=O) groups is 2. The zero-order valence-electron chi connectivity index (χ0n) is 18.1. The van der Waals surface area contributed by atoms with E-state index in [1.54, 1.807) is 4.90 Å². The van der Waals surface area contributed by atoms with Crippen LogP contribution >= 0.6 is 0 Å². The van der Waals surface area contributed by atoms with Crippen LogP contribution in [0.1, 0.15) is 44.7 Å². The first-order chi connectivity index (χ1) is 14.3. The van der Waals surface area contributed by atoms with Crippen molar-refractivity contribution in [2.24, 2.45) is 0 Å². The van der Waals surface area contributed by atoms with Crippen molar-refractivity contribution in [1.82, 2.24) is 4.90 Å². The second-order valence-corrected chi connectivity index (χ2v) is 9.41. The number of benzene rings is 2. The summed E-state index contributed by atoms with van der Waals surface area (Å²) in [5, 5.41) is 0. The number of hydrogen-bond acceptors (Lipinski definition) is 3. The van der Waals surface area contributed by atoms with Gasteiger partial charge in [0.05, 0.1) is 12.1 Å². The van der Waals surface area contributed by atoms with Crippen LogP contribution in [-0.2, 0) is 21.4 Å². The number of rotatable bonds is 2. The molecule has 4 rings (SSSR count). The lowest BCUT2D eigenvalue weighted by Crippen LogP contribution is -2.48. The lowest BCUT2D eigenvalue weighted by Gasteiger charge is -2.40. The molecular formula is C25H30N2O3. The van der Waals surface area contributed by atoms with E-state index in [4.69, 9.17) is 4.74 Å². The Morgan fingerprint density at radius 1 is 0.967 bits per heavy atom. The average Bonchev–Trinajstić information content (AvgIpc) is 3.03. The second kappa shape index (κ2) is 7.78. The third-order valence-corrected chi connectivity index (χ3v) is 6.11. The van der Waals surface area contributed by atoms with Crippen LogP contribution in [0.15, 0.2) is 54.6 Å². The van der Waals surface area contributed by atoms with Crippen LogP contribution in [0.4, 0.5) is 10.5 Å². The van der Waals surface area contributed by atoms with Crippen LogP contribution < -0.4 is 4.90 Å². The molecule has 0 unspecified atom stereocenters. The molecule has 0 bridgehead atoms. The Kier molecular flexibility index (Phi) is 5.31. The number of likely N-dealkylation sites (tertiary alicyclic amines) is 1. The van der Waals surface area contributed by atoms with Gasteiger partial charge >= 0.3 is 6.09 Å². The maximum Gasteiger partial charge on any atom is 0.414 e. The van der Waals surface area contributed by atoms with E-state index in [-0.39, 0.29) is 17.4 Å². The summed E-state index contributed by atoms with van der Waals surface area (Å²) in [4.78, 5) is 29.4. The fourth-order valence-electron chi connectivity index (χ4n) is 4.60. The first-order valence-corrected chi connectivity index (χ1v) is 10.7. The van der Waals surface area contributed by atoms with Gasteiger partial charge in [-0.25, -0.2) is 4.79 Å². The van der Waals surface area contributed by atoms with Gasteiger partial charge in [0.25, 0.3) is 0 Å². The molecule has 5 heteroatoms. The number of carbonyl (C=O) groups excluding carboxylic acids is 2. The Morgan fingerprint density at radius 2 is 1.60 bits per heavy atom. The highest BCUT2D eigenvalue weighted by atomic mass is 16.6. The van der Waals surface area contributed by atoms with E-state index in [2.05, 4.69) is 6.07 Å². The Bertz CT molecular complexity index is 925. The molecule has 158 valence electrons. The van der Waals surface area contributed by atoms with Crippen molar-refractivity contribution < 1.29 is 14.3 Å². The summed E-state index contributed by atoms with van der Waals surface area (Å²) in [6.45, 7) is 7.70. The van der Waals surface area contributed by atoms with Crippen LogP contribution in [0.5, 0.6) is 0 Å². The van der Waals surface area contributed by atoms with Gasteiger partial charge in [-0.15, -0.1) is 0 Å². The van der Waals surface area contributed by atoms with Crippen molar-refractivity contribution in [2.75, 3.05) is 24.5 Å². The molecule has 0 aliphatic carbocycles. The standard InChI is InChI=1S/C25H30N2O3/c1-24(2,3)30-23(29)27-18-25(20-11-7-8-12-21(20)27)13-15-26(16-14-25)22(28)17-19-9-5-4-6-10-19/h4-12H,13-18H2,1-3H3. The molecule has 2 aliphatic heterocycles. The largest absolute Gasteiger partial charge is 0.443 e. The minimum absolute atomic E-state index is 0.114. The molecule has 2 aliphatic rings. The predicted octanol–water partition coefficient (Wildman–Crippen LogP) is 4.54. The molecule has 0 atom stereocenters. The zero-order valence-corrected chi connectivity index (χ0v) is 18.1. The second-order valence-electron chi connectivity index (χ2n) is 9.41. The highest BCUT2D eigenvalue weighted by Crippen LogP contribution is 2.47. The van der Waals surface area contributed by atoms with E-state index >= 15 is 0 Å². The third kappa shape index (κ3) is 4.07. The molecule has 30 heavy (non-hydrogen) atoms. The highest BCUT2D eigenvalue weighted by Gasteiger charge is 2.47. The first-order valence-electron chi connectivity index (χ1n) is 10.7. The maximum atomic E-state index is 12.9. The Labute approximate surface area is 178 Å². The lowest BCUT2D eigenvalue weighted by molar-refractivity contribution is -0.132. The molecule has 1 spiro atoms. The fraction of sp³-hybridized carbons (Fsp3) is 0.440. The number of fused-ring (bicyclic) bond motifs is 2. The highest BCUT2D eigenvalue weighted by molar-refractivity contribution is 5.91. The van der Waals surface area contributed by atoms with Crippen LogP contribution in [0.3, 0.4) is 0 Å². The quantitative estimate of drug-likeness (QED) is 0.735. The number of hydrogen-bond donors (Lipinski definition) is 0. The summed E-state index contributed by atoms with van der Waals surface area (Å²) in [5.41, 5.74) is 2.54. The number of piperidine rings is 1. The minimum atomic E-state index is -0.533. The van der Waals surface area contributed by atoms with Gasteiger partial charge in [-0.1, -0.05) is 48.5 Å². The molecule has 2 aromatic rings. The minimum Gasteiger partial charge on any atom is -0.443 e. The molecule has 2 amide bonds. The average molecular weight is 407 g/mol. The SMILES string of the molecule is CC(C)(C)OC(=O)N1CC2(CCN(C(=O)Cc3ccccc3)CC2)c2ccccc21. The van der Waals surface area contributed by atoms with Crippen molar-refractivity contribution in [3.8, 4) is 0 Å². The van der Waals surface area contributed by atoms with Crippen molar-refractivity contribution in [1.29, 1.82) is 0 Å². The van der Waals surface area contributed by atoms with Crippen LogP contribution in [0.25, 0.3) is 0 Å². The monoisotopic (exact) mass is 406 g/mol. The third-order valence-electron chi connectivity index (χ3n) is 6.11. The molecule has 2 aromatic carbocycles. The van der Waals surface area contributed by atoms with Gasteiger partial charge in [0, 0.05) is 25.0 Å². The molecule has 2 heterocycles. The summed E-state index contributed by atoms with van der Waals surface area (Å²) in [6, 6.07) is 18.0. The molecule has 0 aromatic heterocycles. The lowest BCUT2D eigenvalue weighted by atomic mass is 9.74. The molecule has 0 saturated carbocycles. The number of nitrogens with zero attached hydrogens (tertiary/aromatic N) is 2. The van der Waals surface area contributed by atoms with Crippen LogP contribution in [-0.4, -0.2) is 42.1 Å². The van der Waals surface area contributed by atoms with Crippen molar-refractivity contribution in [3.05, 3.63) is 65.7 Å². The number of anilines is 1. The Balaban J connectivity index is 1.48. The fourth-order valence-corrected chi connectivity index (χ4v) is 4.60. The van der Waals surface area contributed by atoms with E-state index in [1.165, 1.54) is 5.56 Å². The normalized spacial score (nSPS) is 17.7. The van der Waals surface area contributed by atoms with Gasteiger partial charge in [-0.3, -0.25) is 9.69 Å². The maximum absolute atomic E-state index is 12.9. The summed E-state index contributed by atoms with van der Waals surface area (Å²) in [7, 11) is 0.